The summed E-state index contributed by atoms with van der Waals surface area (Å²) in [5.74, 6) is -0.277. The average Bonchev–Trinajstić information content (AvgIpc) is 2.14. The summed E-state index contributed by atoms with van der Waals surface area (Å²) in [7, 11) is 1.57. The number of ether oxygens (including phenoxy) is 1. The first-order valence-corrected chi connectivity index (χ1v) is 5.36. The lowest BCUT2D eigenvalue weighted by Crippen LogP contribution is -2.47. The van der Waals surface area contributed by atoms with E-state index in [2.05, 4.69) is 10.3 Å². The van der Waals surface area contributed by atoms with Crippen LogP contribution in [-0.4, -0.2) is 30.1 Å². The predicted octanol–water partition coefficient (Wildman–Crippen LogP) is 0.838. The number of aromatic nitrogens is 1. The van der Waals surface area contributed by atoms with E-state index in [0.717, 1.165) is 0 Å². The van der Waals surface area contributed by atoms with E-state index in [1.165, 1.54) is 6.07 Å². The lowest BCUT2D eigenvalue weighted by atomic mass is 10.1. The number of aromatic amines is 1. The number of methoxy groups -OCH3 is 1. The number of rotatable bonds is 4. The van der Waals surface area contributed by atoms with E-state index in [1.54, 1.807) is 20.1 Å². The maximum atomic E-state index is 11.9. The fourth-order valence-electron chi connectivity index (χ4n) is 1.59. The largest absolute Gasteiger partial charge is 0.382 e. The van der Waals surface area contributed by atoms with Crippen LogP contribution < -0.4 is 10.9 Å². The van der Waals surface area contributed by atoms with Gasteiger partial charge >= 0.3 is 0 Å². The standard InChI is InChI=1S/C12H18N2O3/c1-8-5-9(6-10(15)13-8)11(16)14-12(2,3)7-17-4/h5-6H,7H2,1-4H3,(H,13,15)(H,14,16). The van der Waals surface area contributed by atoms with Gasteiger partial charge in [-0.05, 0) is 26.8 Å². The maximum Gasteiger partial charge on any atom is 0.252 e. The number of amides is 1. The molecule has 0 saturated heterocycles. The number of carbonyl (C=O) groups is 1. The molecule has 0 spiro atoms. The SMILES string of the molecule is COCC(C)(C)NC(=O)c1cc(C)[nH]c(=O)c1. The highest BCUT2D eigenvalue weighted by atomic mass is 16.5. The topological polar surface area (TPSA) is 71.2 Å². The quantitative estimate of drug-likeness (QED) is 0.816. The molecule has 1 aromatic rings. The van der Waals surface area contributed by atoms with Crippen LogP contribution in [0.1, 0.15) is 29.9 Å². The zero-order valence-corrected chi connectivity index (χ0v) is 10.6. The molecule has 0 aromatic carbocycles. The molecule has 2 N–H and O–H groups in total. The summed E-state index contributed by atoms with van der Waals surface area (Å²) in [6.07, 6.45) is 0. The Morgan fingerprint density at radius 2 is 2.12 bits per heavy atom. The Labute approximate surface area is 100 Å². The minimum atomic E-state index is -0.470. The number of pyridine rings is 1. The van der Waals surface area contributed by atoms with Crippen LogP contribution in [0.4, 0.5) is 0 Å². The second-order valence-corrected chi connectivity index (χ2v) is 4.69. The van der Waals surface area contributed by atoms with Crippen LogP contribution in [0.15, 0.2) is 16.9 Å². The maximum absolute atomic E-state index is 11.9. The molecule has 0 unspecified atom stereocenters. The van der Waals surface area contributed by atoms with Gasteiger partial charge in [0.15, 0.2) is 0 Å². The Bertz CT molecular complexity index is 463. The molecule has 0 fully saturated rings. The van der Waals surface area contributed by atoms with Crippen molar-refractivity contribution in [3.05, 3.63) is 33.7 Å². The first kappa shape index (κ1) is 13.4. The van der Waals surface area contributed by atoms with Gasteiger partial charge in [0.25, 0.3) is 5.91 Å². The molecule has 0 bridgehead atoms. The number of H-pyrrole nitrogens is 1. The summed E-state index contributed by atoms with van der Waals surface area (Å²) in [6, 6.07) is 2.92. The fraction of sp³-hybridized carbons (Fsp3) is 0.500. The Hall–Kier alpha value is -1.62. The molecule has 94 valence electrons. The van der Waals surface area contributed by atoms with Crippen molar-refractivity contribution in [1.29, 1.82) is 0 Å². The van der Waals surface area contributed by atoms with Gasteiger partial charge < -0.3 is 15.0 Å². The Morgan fingerprint density at radius 1 is 1.47 bits per heavy atom. The van der Waals surface area contributed by atoms with E-state index in [-0.39, 0.29) is 11.5 Å². The second-order valence-electron chi connectivity index (χ2n) is 4.69. The summed E-state index contributed by atoms with van der Waals surface area (Å²) in [5, 5.41) is 2.81. The normalized spacial score (nSPS) is 11.3. The molecule has 0 radical (unpaired) electrons. The highest BCUT2D eigenvalue weighted by Crippen LogP contribution is 2.05. The third-order valence-electron chi connectivity index (χ3n) is 2.20. The smallest absolute Gasteiger partial charge is 0.252 e. The first-order valence-electron chi connectivity index (χ1n) is 5.36. The van der Waals surface area contributed by atoms with Crippen LogP contribution in [0.25, 0.3) is 0 Å². The van der Waals surface area contributed by atoms with Gasteiger partial charge in [-0.15, -0.1) is 0 Å². The van der Waals surface area contributed by atoms with Gasteiger partial charge in [0, 0.05) is 24.4 Å². The van der Waals surface area contributed by atoms with Crippen molar-refractivity contribution in [2.45, 2.75) is 26.3 Å². The molecule has 1 heterocycles. The van der Waals surface area contributed by atoms with Crippen molar-refractivity contribution in [3.8, 4) is 0 Å². The number of aryl methyl sites for hydroxylation is 1. The lowest BCUT2D eigenvalue weighted by Gasteiger charge is -2.25. The minimum Gasteiger partial charge on any atom is -0.382 e. The second kappa shape index (κ2) is 5.14. The Balaban J connectivity index is 2.87. The summed E-state index contributed by atoms with van der Waals surface area (Å²) in [4.78, 5) is 25.8. The van der Waals surface area contributed by atoms with E-state index in [1.807, 2.05) is 13.8 Å². The van der Waals surface area contributed by atoms with Crippen LogP contribution in [0.2, 0.25) is 0 Å². The van der Waals surface area contributed by atoms with Gasteiger partial charge in [-0.25, -0.2) is 0 Å². The number of nitrogens with one attached hydrogen (secondary N) is 2. The van der Waals surface area contributed by atoms with E-state index >= 15 is 0 Å². The summed E-state index contributed by atoms with van der Waals surface area (Å²) >= 11 is 0. The van der Waals surface area contributed by atoms with E-state index < -0.39 is 5.54 Å². The van der Waals surface area contributed by atoms with E-state index in [4.69, 9.17) is 4.74 Å². The molecule has 0 aliphatic carbocycles. The van der Waals surface area contributed by atoms with Gasteiger partial charge in [-0.2, -0.15) is 0 Å². The average molecular weight is 238 g/mol. The molecular formula is C12H18N2O3. The van der Waals surface area contributed by atoms with Gasteiger partial charge in [-0.3, -0.25) is 9.59 Å². The molecule has 0 atom stereocenters. The molecule has 0 aliphatic rings. The highest BCUT2D eigenvalue weighted by Gasteiger charge is 2.21. The molecule has 0 aliphatic heterocycles. The third kappa shape index (κ3) is 4.03. The minimum absolute atomic E-state index is 0.277. The van der Waals surface area contributed by atoms with Crippen molar-refractivity contribution in [2.75, 3.05) is 13.7 Å². The summed E-state index contributed by atoms with van der Waals surface area (Å²) in [6.45, 7) is 5.85. The van der Waals surface area contributed by atoms with Crippen LogP contribution >= 0.6 is 0 Å². The number of hydrogen-bond donors (Lipinski definition) is 2. The monoisotopic (exact) mass is 238 g/mol. The van der Waals surface area contributed by atoms with Gasteiger partial charge in [0.2, 0.25) is 5.56 Å². The number of carbonyl (C=O) groups excluding carboxylic acids is 1. The Kier molecular flexibility index (Phi) is 4.07. The van der Waals surface area contributed by atoms with Gasteiger partial charge in [-0.1, -0.05) is 0 Å². The molecule has 1 aromatic heterocycles. The van der Waals surface area contributed by atoms with Crippen molar-refractivity contribution in [1.82, 2.24) is 10.3 Å². The van der Waals surface area contributed by atoms with Crippen molar-refractivity contribution >= 4 is 5.91 Å². The molecule has 1 amide bonds. The summed E-state index contributed by atoms with van der Waals surface area (Å²) < 4.78 is 5.01. The van der Waals surface area contributed by atoms with Gasteiger partial charge in [0.05, 0.1) is 12.1 Å². The van der Waals surface area contributed by atoms with Crippen LogP contribution in [-0.2, 0) is 4.74 Å². The molecule has 17 heavy (non-hydrogen) atoms. The molecule has 0 saturated carbocycles. The molecule has 5 nitrogen and oxygen atoms in total. The molecule has 1 rings (SSSR count). The Morgan fingerprint density at radius 3 is 2.65 bits per heavy atom. The van der Waals surface area contributed by atoms with Crippen molar-refractivity contribution < 1.29 is 9.53 Å². The lowest BCUT2D eigenvalue weighted by molar-refractivity contribution is 0.0819. The van der Waals surface area contributed by atoms with Crippen LogP contribution in [0.3, 0.4) is 0 Å². The van der Waals surface area contributed by atoms with Crippen LogP contribution in [0.5, 0.6) is 0 Å². The fourth-order valence-corrected chi connectivity index (χ4v) is 1.59. The summed E-state index contributed by atoms with van der Waals surface area (Å²) in [5.41, 5.74) is 0.268. The zero-order valence-electron chi connectivity index (χ0n) is 10.6. The third-order valence-corrected chi connectivity index (χ3v) is 2.20. The zero-order chi connectivity index (χ0) is 13.1. The van der Waals surface area contributed by atoms with Crippen molar-refractivity contribution in [3.63, 3.8) is 0 Å². The first-order chi connectivity index (χ1) is 7.84. The van der Waals surface area contributed by atoms with E-state index in [0.29, 0.717) is 17.9 Å². The van der Waals surface area contributed by atoms with Gasteiger partial charge in [0.1, 0.15) is 0 Å². The van der Waals surface area contributed by atoms with E-state index in [9.17, 15) is 9.59 Å². The molecular weight excluding hydrogens is 220 g/mol. The number of hydrogen-bond acceptors (Lipinski definition) is 3. The van der Waals surface area contributed by atoms with Crippen LogP contribution in [0, 0.1) is 6.92 Å². The van der Waals surface area contributed by atoms with Crippen molar-refractivity contribution in [2.24, 2.45) is 0 Å². The predicted molar refractivity (Wildman–Crippen MR) is 65.2 cm³/mol. The highest BCUT2D eigenvalue weighted by molar-refractivity contribution is 5.94. The molecule has 5 heteroatoms.